The van der Waals surface area contributed by atoms with E-state index >= 15 is 0 Å². The van der Waals surface area contributed by atoms with Gasteiger partial charge in [-0.05, 0) is 61.4 Å². The molecule has 0 saturated carbocycles. The molecule has 1 amide bonds. The molecule has 0 bridgehead atoms. The second-order valence-corrected chi connectivity index (χ2v) is 7.31. The minimum absolute atomic E-state index is 0.131. The molecule has 1 aliphatic carbocycles. The molecule has 122 valence electrons. The fraction of sp³-hybridized carbons (Fsp3) is 0.263. The third kappa shape index (κ3) is 2.36. The fourth-order valence-corrected chi connectivity index (χ4v) is 4.20. The second kappa shape index (κ2) is 5.60. The molecule has 1 aliphatic rings. The van der Waals surface area contributed by atoms with Crippen LogP contribution in [-0.4, -0.2) is 15.7 Å². The van der Waals surface area contributed by atoms with Gasteiger partial charge >= 0.3 is 0 Å². The summed E-state index contributed by atoms with van der Waals surface area (Å²) >= 11 is 1.78. The molecule has 5 heteroatoms. The van der Waals surface area contributed by atoms with Crippen LogP contribution in [0, 0.1) is 13.8 Å². The number of thiophene rings is 1. The maximum Gasteiger partial charge on any atom is 0.276 e. The molecule has 2 aromatic heterocycles. The number of amides is 1. The summed E-state index contributed by atoms with van der Waals surface area (Å²) in [5.74, 6) is -0.131. The Kier molecular flexibility index (Phi) is 3.53. The van der Waals surface area contributed by atoms with Crippen molar-refractivity contribution in [2.75, 3.05) is 5.32 Å². The van der Waals surface area contributed by atoms with Crippen LogP contribution in [0.4, 0.5) is 5.69 Å². The van der Waals surface area contributed by atoms with Gasteiger partial charge in [-0.15, -0.1) is 11.3 Å². The summed E-state index contributed by atoms with van der Waals surface area (Å²) in [6, 6.07) is 8.09. The van der Waals surface area contributed by atoms with Crippen LogP contribution >= 0.6 is 11.3 Å². The van der Waals surface area contributed by atoms with E-state index in [0.29, 0.717) is 5.69 Å². The summed E-state index contributed by atoms with van der Waals surface area (Å²) in [4.78, 5) is 14.1. The maximum absolute atomic E-state index is 12.8. The molecule has 1 aromatic carbocycles. The van der Waals surface area contributed by atoms with Crippen molar-refractivity contribution in [2.45, 2.75) is 26.7 Å². The normalized spacial score (nSPS) is 12.6. The molecule has 4 rings (SSSR count). The van der Waals surface area contributed by atoms with Crippen molar-refractivity contribution in [1.29, 1.82) is 0 Å². The van der Waals surface area contributed by atoms with Crippen molar-refractivity contribution >= 4 is 22.9 Å². The quantitative estimate of drug-likeness (QED) is 0.765. The van der Waals surface area contributed by atoms with Gasteiger partial charge in [0.25, 0.3) is 5.91 Å². The summed E-state index contributed by atoms with van der Waals surface area (Å²) < 4.78 is 1.84. The lowest BCUT2D eigenvalue weighted by molar-refractivity contribution is 0.102. The fourth-order valence-electron chi connectivity index (χ4n) is 3.32. The highest BCUT2D eigenvalue weighted by Gasteiger charge is 2.27. The Morgan fingerprint density at radius 1 is 1.21 bits per heavy atom. The summed E-state index contributed by atoms with van der Waals surface area (Å²) in [6.45, 7) is 4.11. The van der Waals surface area contributed by atoms with Crippen LogP contribution in [0.15, 0.2) is 29.6 Å². The molecule has 0 atom stereocenters. The Balaban J connectivity index is 1.69. The van der Waals surface area contributed by atoms with Crippen LogP contribution in [0.25, 0.3) is 11.3 Å². The Labute approximate surface area is 145 Å². The van der Waals surface area contributed by atoms with Gasteiger partial charge in [0.1, 0.15) is 0 Å². The average Bonchev–Trinajstić information content (AvgIpc) is 3.15. The minimum atomic E-state index is -0.131. The highest BCUT2D eigenvalue weighted by atomic mass is 32.1. The molecular formula is C19H19N3OS. The summed E-state index contributed by atoms with van der Waals surface area (Å²) in [6.07, 6.45) is 1.85. The lowest BCUT2D eigenvalue weighted by Crippen LogP contribution is -2.15. The number of carbonyl (C=O) groups excluding carboxylic acids is 1. The number of carbonyl (C=O) groups is 1. The monoisotopic (exact) mass is 337 g/mol. The summed E-state index contributed by atoms with van der Waals surface area (Å²) in [5, 5.41) is 9.62. The topological polar surface area (TPSA) is 46.9 Å². The van der Waals surface area contributed by atoms with Crippen molar-refractivity contribution in [3.05, 3.63) is 56.9 Å². The molecule has 3 aromatic rings. The molecule has 0 radical (unpaired) electrons. The first-order valence-electron chi connectivity index (χ1n) is 8.06. The van der Waals surface area contributed by atoms with Gasteiger partial charge in [-0.25, -0.2) is 0 Å². The number of rotatable bonds is 2. The number of nitrogens with one attached hydrogen (secondary N) is 1. The average molecular weight is 337 g/mol. The van der Waals surface area contributed by atoms with E-state index in [0.717, 1.165) is 29.8 Å². The zero-order valence-electron chi connectivity index (χ0n) is 14.0. The van der Waals surface area contributed by atoms with Crippen molar-refractivity contribution in [3.63, 3.8) is 0 Å². The second-order valence-electron chi connectivity index (χ2n) is 6.31. The summed E-state index contributed by atoms with van der Waals surface area (Å²) in [7, 11) is 1.92. The van der Waals surface area contributed by atoms with E-state index < -0.39 is 0 Å². The van der Waals surface area contributed by atoms with E-state index in [1.165, 1.54) is 21.6 Å². The van der Waals surface area contributed by atoms with Gasteiger partial charge in [-0.1, -0.05) is 6.07 Å². The van der Waals surface area contributed by atoms with Gasteiger partial charge in [-0.2, -0.15) is 5.10 Å². The van der Waals surface area contributed by atoms with Gasteiger partial charge in [-0.3, -0.25) is 9.48 Å². The zero-order chi connectivity index (χ0) is 16.8. The zero-order valence-corrected chi connectivity index (χ0v) is 14.8. The number of aryl methyl sites for hydroxylation is 4. The highest BCUT2D eigenvalue weighted by Crippen LogP contribution is 2.37. The molecule has 4 nitrogen and oxygen atoms in total. The molecule has 0 saturated heterocycles. The van der Waals surface area contributed by atoms with E-state index in [1.54, 1.807) is 11.3 Å². The van der Waals surface area contributed by atoms with Gasteiger partial charge in [0.2, 0.25) is 0 Å². The van der Waals surface area contributed by atoms with Crippen LogP contribution in [0.2, 0.25) is 0 Å². The SMILES string of the molecule is Cc1ccc(NC(=O)c2nn(C)c3c2CCc2sccc2-3)cc1C. The van der Waals surface area contributed by atoms with Crippen LogP contribution in [0.3, 0.4) is 0 Å². The van der Waals surface area contributed by atoms with Crippen molar-refractivity contribution in [3.8, 4) is 11.3 Å². The van der Waals surface area contributed by atoms with Crippen LogP contribution in [0.1, 0.15) is 32.1 Å². The minimum Gasteiger partial charge on any atom is -0.321 e. The number of hydrogen-bond donors (Lipinski definition) is 1. The first-order chi connectivity index (χ1) is 11.5. The standard InChI is InChI=1S/C19H19N3OS/c1-11-4-5-13(10-12(11)2)20-19(23)17-15-6-7-16-14(8-9-24-16)18(15)22(3)21-17/h4-5,8-10H,6-7H2,1-3H3,(H,20,23). The summed E-state index contributed by atoms with van der Waals surface area (Å²) in [5.41, 5.74) is 7.11. The first kappa shape index (κ1) is 15.1. The van der Waals surface area contributed by atoms with Crippen LogP contribution in [-0.2, 0) is 19.9 Å². The number of anilines is 1. The van der Waals surface area contributed by atoms with Gasteiger partial charge in [0, 0.05) is 28.7 Å². The lowest BCUT2D eigenvalue weighted by Gasteiger charge is -2.14. The predicted molar refractivity (Wildman–Crippen MR) is 97.8 cm³/mol. The third-order valence-corrected chi connectivity index (χ3v) is 5.71. The Morgan fingerprint density at radius 3 is 2.83 bits per heavy atom. The molecule has 0 spiro atoms. The number of hydrogen-bond acceptors (Lipinski definition) is 3. The maximum atomic E-state index is 12.8. The van der Waals surface area contributed by atoms with Gasteiger partial charge < -0.3 is 5.32 Å². The molecular weight excluding hydrogens is 318 g/mol. The Hall–Kier alpha value is -2.40. The first-order valence-corrected chi connectivity index (χ1v) is 8.94. The van der Waals surface area contributed by atoms with Crippen molar-refractivity contribution in [1.82, 2.24) is 9.78 Å². The molecule has 0 unspecified atom stereocenters. The third-order valence-electron chi connectivity index (χ3n) is 4.73. The highest BCUT2D eigenvalue weighted by molar-refractivity contribution is 7.10. The van der Waals surface area contributed by atoms with Gasteiger partial charge in [0.15, 0.2) is 5.69 Å². The van der Waals surface area contributed by atoms with Gasteiger partial charge in [0.05, 0.1) is 5.69 Å². The lowest BCUT2D eigenvalue weighted by atomic mass is 9.94. The Morgan fingerprint density at radius 2 is 2.04 bits per heavy atom. The molecule has 1 N–H and O–H groups in total. The van der Waals surface area contributed by atoms with E-state index in [-0.39, 0.29) is 5.91 Å². The smallest absolute Gasteiger partial charge is 0.276 e. The number of benzene rings is 1. The molecule has 2 heterocycles. The molecule has 0 fully saturated rings. The van der Waals surface area contributed by atoms with E-state index in [4.69, 9.17) is 0 Å². The molecule has 0 aliphatic heterocycles. The van der Waals surface area contributed by atoms with Crippen LogP contribution < -0.4 is 5.32 Å². The largest absolute Gasteiger partial charge is 0.321 e. The van der Waals surface area contributed by atoms with E-state index in [2.05, 4.69) is 28.8 Å². The van der Waals surface area contributed by atoms with E-state index in [9.17, 15) is 4.79 Å². The van der Waals surface area contributed by atoms with E-state index in [1.807, 2.05) is 36.9 Å². The Bertz CT molecular complexity index is 952. The van der Waals surface area contributed by atoms with Crippen LogP contribution in [0.5, 0.6) is 0 Å². The number of aromatic nitrogens is 2. The van der Waals surface area contributed by atoms with Crippen molar-refractivity contribution in [2.24, 2.45) is 7.05 Å². The predicted octanol–water partition coefficient (Wildman–Crippen LogP) is 4.12. The molecule has 24 heavy (non-hydrogen) atoms. The van der Waals surface area contributed by atoms with Crippen molar-refractivity contribution < 1.29 is 4.79 Å². The number of nitrogens with zero attached hydrogens (tertiary/aromatic N) is 2. The number of fused-ring (bicyclic) bond motifs is 3.